The third kappa shape index (κ3) is 3.85. The average Bonchev–Trinajstić information content (AvgIpc) is 2.20. The SMILES string of the molecule is CCCCS(=O)(=O)Nc1ccc(C)c(C)c1. The van der Waals surface area contributed by atoms with Crippen LogP contribution in [-0.2, 0) is 10.0 Å². The van der Waals surface area contributed by atoms with Gasteiger partial charge in [0.05, 0.1) is 5.75 Å². The summed E-state index contributed by atoms with van der Waals surface area (Å²) in [4.78, 5) is 0. The van der Waals surface area contributed by atoms with Gasteiger partial charge in [-0.25, -0.2) is 8.42 Å². The fourth-order valence-electron chi connectivity index (χ4n) is 1.37. The quantitative estimate of drug-likeness (QED) is 0.861. The highest BCUT2D eigenvalue weighted by atomic mass is 32.2. The van der Waals surface area contributed by atoms with Crippen molar-refractivity contribution in [1.82, 2.24) is 0 Å². The maximum Gasteiger partial charge on any atom is 0.232 e. The zero-order chi connectivity index (χ0) is 12.2. The summed E-state index contributed by atoms with van der Waals surface area (Å²) in [7, 11) is -3.18. The van der Waals surface area contributed by atoms with Crippen molar-refractivity contribution in [3.63, 3.8) is 0 Å². The van der Waals surface area contributed by atoms with Gasteiger partial charge in [0.1, 0.15) is 0 Å². The van der Waals surface area contributed by atoms with Crippen molar-refractivity contribution in [3.8, 4) is 0 Å². The van der Waals surface area contributed by atoms with E-state index < -0.39 is 10.0 Å². The molecule has 0 bridgehead atoms. The van der Waals surface area contributed by atoms with Crippen LogP contribution < -0.4 is 4.72 Å². The van der Waals surface area contributed by atoms with E-state index in [9.17, 15) is 8.42 Å². The number of hydrogen-bond acceptors (Lipinski definition) is 2. The van der Waals surface area contributed by atoms with Crippen LogP contribution in [0.25, 0.3) is 0 Å². The van der Waals surface area contributed by atoms with E-state index in [-0.39, 0.29) is 5.75 Å². The molecule has 0 spiro atoms. The van der Waals surface area contributed by atoms with Crippen molar-refractivity contribution in [2.45, 2.75) is 33.6 Å². The first kappa shape index (κ1) is 13.0. The van der Waals surface area contributed by atoms with E-state index in [1.165, 1.54) is 0 Å². The normalized spacial score (nSPS) is 11.4. The number of unbranched alkanes of at least 4 members (excludes halogenated alkanes) is 1. The Hall–Kier alpha value is -1.03. The van der Waals surface area contributed by atoms with Crippen LogP contribution in [0.5, 0.6) is 0 Å². The Morgan fingerprint density at radius 3 is 2.44 bits per heavy atom. The van der Waals surface area contributed by atoms with Gasteiger partial charge in [0, 0.05) is 5.69 Å². The topological polar surface area (TPSA) is 46.2 Å². The molecule has 0 heterocycles. The third-order valence-electron chi connectivity index (χ3n) is 2.55. The molecule has 0 radical (unpaired) electrons. The van der Waals surface area contributed by atoms with Crippen molar-refractivity contribution in [2.75, 3.05) is 10.5 Å². The maximum absolute atomic E-state index is 11.6. The fraction of sp³-hybridized carbons (Fsp3) is 0.500. The highest BCUT2D eigenvalue weighted by Gasteiger charge is 2.09. The predicted molar refractivity (Wildman–Crippen MR) is 68.2 cm³/mol. The van der Waals surface area contributed by atoms with E-state index in [0.717, 1.165) is 17.5 Å². The Bertz CT molecular complexity index is 452. The minimum atomic E-state index is -3.18. The van der Waals surface area contributed by atoms with Crippen LogP contribution >= 0.6 is 0 Å². The van der Waals surface area contributed by atoms with E-state index in [2.05, 4.69) is 4.72 Å². The average molecular weight is 241 g/mol. The molecule has 3 nitrogen and oxygen atoms in total. The number of hydrogen-bond donors (Lipinski definition) is 1. The van der Waals surface area contributed by atoms with Crippen LogP contribution in [0.2, 0.25) is 0 Å². The second-order valence-corrected chi connectivity index (χ2v) is 5.92. The third-order valence-corrected chi connectivity index (χ3v) is 3.92. The van der Waals surface area contributed by atoms with Crippen molar-refractivity contribution in [1.29, 1.82) is 0 Å². The van der Waals surface area contributed by atoms with Crippen molar-refractivity contribution in [3.05, 3.63) is 29.3 Å². The standard InChI is InChI=1S/C12H19NO2S/c1-4-5-8-16(14,15)13-12-7-6-10(2)11(3)9-12/h6-7,9,13H,4-5,8H2,1-3H3. The van der Waals surface area contributed by atoms with Crippen LogP contribution in [0, 0.1) is 13.8 Å². The first-order valence-corrected chi connectivity index (χ1v) is 7.17. The van der Waals surface area contributed by atoms with E-state index >= 15 is 0 Å². The largest absolute Gasteiger partial charge is 0.284 e. The Morgan fingerprint density at radius 1 is 1.19 bits per heavy atom. The molecule has 0 aliphatic rings. The van der Waals surface area contributed by atoms with E-state index in [0.29, 0.717) is 12.1 Å². The van der Waals surface area contributed by atoms with Crippen molar-refractivity contribution in [2.24, 2.45) is 0 Å². The highest BCUT2D eigenvalue weighted by molar-refractivity contribution is 7.92. The lowest BCUT2D eigenvalue weighted by molar-refractivity contribution is 0.598. The molecule has 0 saturated carbocycles. The summed E-state index contributed by atoms with van der Waals surface area (Å²) in [5.41, 5.74) is 2.91. The molecule has 0 fully saturated rings. The number of benzene rings is 1. The second-order valence-electron chi connectivity index (χ2n) is 4.07. The van der Waals surface area contributed by atoms with Crippen molar-refractivity contribution >= 4 is 15.7 Å². The second kappa shape index (κ2) is 5.34. The molecule has 0 saturated heterocycles. The molecule has 16 heavy (non-hydrogen) atoms. The molecule has 0 aliphatic carbocycles. The molecule has 0 amide bonds. The van der Waals surface area contributed by atoms with Crippen LogP contribution in [0.4, 0.5) is 5.69 Å². The molecular weight excluding hydrogens is 222 g/mol. The minimum Gasteiger partial charge on any atom is -0.284 e. The van der Waals surface area contributed by atoms with Gasteiger partial charge in [0.15, 0.2) is 0 Å². The summed E-state index contributed by atoms with van der Waals surface area (Å²) < 4.78 is 25.9. The Labute approximate surface area is 97.9 Å². The molecule has 90 valence electrons. The van der Waals surface area contributed by atoms with Gasteiger partial charge < -0.3 is 0 Å². The molecule has 1 aromatic carbocycles. The maximum atomic E-state index is 11.6. The van der Waals surface area contributed by atoms with Gasteiger partial charge in [-0.1, -0.05) is 19.4 Å². The summed E-state index contributed by atoms with van der Waals surface area (Å²) in [5.74, 6) is 0.191. The zero-order valence-corrected chi connectivity index (χ0v) is 10.9. The molecule has 1 N–H and O–H groups in total. The monoisotopic (exact) mass is 241 g/mol. The number of rotatable bonds is 5. The van der Waals surface area contributed by atoms with Gasteiger partial charge in [-0.05, 0) is 43.5 Å². The van der Waals surface area contributed by atoms with E-state index in [1.807, 2.05) is 32.9 Å². The lowest BCUT2D eigenvalue weighted by Crippen LogP contribution is -2.16. The van der Waals surface area contributed by atoms with E-state index in [1.54, 1.807) is 6.07 Å². The van der Waals surface area contributed by atoms with Crippen LogP contribution in [0.15, 0.2) is 18.2 Å². The number of nitrogens with one attached hydrogen (secondary N) is 1. The molecule has 0 unspecified atom stereocenters. The van der Waals surface area contributed by atoms with Crippen molar-refractivity contribution < 1.29 is 8.42 Å². The number of anilines is 1. The summed E-state index contributed by atoms with van der Waals surface area (Å²) in [6, 6.07) is 5.58. The van der Waals surface area contributed by atoms with Gasteiger partial charge in [-0.2, -0.15) is 0 Å². The molecular formula is C12H19NO2S. The summed E-state index contributed by atoms with van der Waals surface area (Å²) in [5, 5.41) is 0. The van der Waals surface area contributed by atoms with Gasteiger partial charge in [-0.3, -0.25) is 4.72 Å². The lowest BCUT2D eigenvalue weighted by Gasteiger charge is -2.09. The Balaban J connectivity index is 2.76. The van der Waals surface area contributed by atoms with Crippen LogP contribution in [-0.4, -0.2) is 14.2 Å². The summed E-state index contributed by atoms with van der Waals surface area (Å²) in [6.07, 6.45) is 1.58. The molecule has 1 rings (SSSR count). The fourth-order valence-corrected chi connectivity index (χ4v) is 2.63. The Kier molecular flexibility index (Phi) is 4.35. The predicted octanol–water partition coefficient (Wildman–Crippen LogP) is 2.85. The molecule has 4 heteroatoms. The van der Waals surface area contributed by atoms with Gasteiger partial charge >= 0.3 is 0 Å². The minimum absolute atomic E-state index is 0.191. The Morgan fingerprint density at radius 2 is 1.88 bits per heavy atom. The highest BCUT2D eigenvalue weighted by Crippen LogP contribution is 2.15. The number of sulfonamides is 1. The van der Waals surface area contributed by atoms with Gasteiger partial charge in [0.25, 0.3) is 0 Å². The van der Waals surface area contributed by atoms with Crippen LogP contribution in [0.3, 0.4) is 0 Å². The number of aryl methyl sites for hydroxylation is 2. The molecule has 0 aliphatic heterocycles. The molecule has 0 aromatic heterocycles. The summed E-state index contributed by atoms with van der Waals surface area (Å²) in [6.45, 7) is 5.95. The first-order chi connectivity index (χ1) is 7.44. The van der Waals surface area contributed by atoms with Gasteiger partial charge in [0.2, 0.25) is 10.0 Å². The van der Waals surface area contributed by atoms with Gasteiger partial charge in [-0.15, -0.1) is 0 Å². The molecule has 0 atom stereocenters. The molecule has 1 aromatic rings. The summed E-state index contributed by atoms with van der Waals surface area (Å²) >= 11 is 0. The zero-order valence-electron chi connectivity index (χ0n) is 10.1. The van der Waals surface area contributed by atoms with E-state index in [4.69, 9.17) is 0 Å². The lowest BCUT2D eigenvalue weighted by atomic mass is 10.1. The smallest absolute Gasteiger partial charge is 0.232 e. The van der Waals surface area contributed by atoms with Crippen LogP contribution in [0.1, 0.15) is 30.9 Å². The first-order valence-electron chi connectivity index (χ1n) is 5.52.